The molecule has 35 heavy (non-hydrogen) atoms. The van der Waals surface area contributed by atoms with E-state index in [2.05, 4.69) is 10.3 Å². The van der Waals surface area contributed by atoms with Gasteiger partial charge in [-0.15, -0.1) is 0 Å². The molecule has 186 valence electrons. The molecule has 3 rings (SSSR count). The van der Waals surface area contributed by atoms with Gasteiger partial charge in [0.2, 0.25) is 0 Å². The highest BCUT2D eigenvalue weighted by atomic mass is 32.2. The third-order valence-electron chi connectivity index (χ3n) is 5.42. The lowest BCUT2D eigenvalue weighted by molar-refractivity contribution is 0.481. The zero-order valence-corrected chi connectivity index (χ0v) is 21.5. The highest BCUT2D eigenvalue weighted by Crippen LogP contribution is 2.39. The molecule has 1 aliphatic rings. The Morgan fingerprint density at radius 1 is 0.914 bits per heavy atom. The van der Waals surface area contributed by atoms with Crippen LogP contribution >= 0.6 is 0 Å². The smallest absolute Gasteiger partial charge is 0.295 e. The minimum atomic E-state index is -4.87. The lowest BCUT2D eigenvalue weighted by Gasteiger charge is -2.21. The zero-order valence-electron chi connectivity index (χ0n) is 19.9. The van der Waals surface area contributed by atoms with Crippen LogP contribution in [0.2, 0.25) is 0 Å². The molecule has 0 saturated heterocycles. The Morgan fingerprint density at radius 2 is 1.63 bits per heavy atom. The van der Waals surface area contributed by atoms with E-state index in [-0.39, 0.29) is 5.56 Å². The Bertz CT molecular complexity index is 1500. The Labute approximate surface area is 206 Å². The van der Waals surface area contributed by atoms with E-state index in [0.29, 0.717) is 29.8 Å². The van der Waals surface area contributed by atoms with Gasteiger partial charge < -0.3 is 5.32 Å². The van der Waals surface area contributed by atoms with E-state index < -0.39 is 30.0 Å². The number of benzene rings is 2. The minimum Gasteiger partial charge on any atom is -0.385 e. The van der Waals surface area contributed by atoms with E-state index in [1.165, 1.54) is 6.07 Å². The van der Waals surface area contributed by atoms with Gasteiger partial charge in [-0.1, -0.05) is 23.8 Å². The second-order valence-electron chi connectivity index (χ2n) is 8.04. The fourth-order valence-electron chi connectivity index (χ4n) is 3.91. The summed E-state index contributed by atoms with van der Waals surface area (Å²) in [4.78, 5) is 3.18. The van der Waals surface area contributed by atoms with E-state index in [1.54, 1.807) is 6.08 Å². The molecule has 0 aliphatic heterocycles. The second kappa shape index (κ2) is 10.3. The maximum Gasteiger partial charge on any atom is 0.295 e. The highest BCUT2D eigenvalue weighted by Gasteiger charge is 2.26. The first-order chi connectivity index (χ1) is 16.4. The predicted octanol–water partition coefficient (Wildman–Crippen LogP) is 4.70. The summed E-state index contributed by atoms with van der Waals surface area (Å²) in [5.41, 5.74) is 5.16. The maximum atomic E-state index is 12.4. The number of aryl methyl sites for hydroxylation is 1. The Kier molecular flexibility index (Phi) is 7.80. The largest absolute Gasteiger partial charge is 0.385 e. The molecule has 0 fully saturated rings. The van der Waals surface area contributed by atoms with Gasteiger partial charge in [-0.25, -0.2) is 0 Å². The molecule has 2 aromatic carbocycles. The third kappa shape index (κ3) is 5.96. The lowest BCUT2D eigenvalue weighted by atomic mass is 9.87. The van der Waals surface area contributed by atoms with Crippen LogP contribution in [0.15, 0.2) is 80.6 Å². The van der Waals surface area contributed by atoms with Crippen molar-refractivity contribution in [2.75, 3.05) is 18.4 Å². The summed E-state index contributed by atoms with van der Waals surface area (Å²) >= 11 is 0. The van der Waals surface area contributed by atoms with Gasteiger partial charge in [0.1, 0.15) is 4.90 Å². The molecule has 10 heteroatoms. The monoisotopic (exact) mass is 516 g/mol. The van der Waals surface area contributed by atoms with E-state index in [9.17, 15) is 25.9 Å². The summed E-state index contributed by atoms with van der Waals surface area (Å²) in [7, 11) is -9.58. The molecular formula is C25H28N2O6S2. The Balaban J connectivity index is 2.49. The van der Waals surface area contributed by atoms with Crippen molar-refractivity contribution in [2.24, 2.45) is 4.99 Å². The molecule has 0 heterocycles. The molecule has 2 aromatic rings. The minimum absolute atomic E-state index is 0.0873. The van der Waals surface area contributed by atoms with Crippen LogP contribution < -0.4 is 5.32 Å². The molecule has 0 amide bonds. The number of hydrogen-bond acceptors (Lipinski definition) is 6. The first kappa shape index (κ1) is 26.6. The van der Waals surface area contributed by atoms with Gasteiger partial charge in [0.05, 0.1) is 10.6 Å². The van der Waals surface area contributed by atoms with Crippen molar-refractivity contribution in [3.8, 4) is 0 Å². The van der Waals surface area contributed by atoms with E-state index in [4.69, 9.17) is 0 Å². The van der Waals surface area contributed by atoms with Crippen molar-refractivity contribution in [2.45, 2.75) is 37.5 Å². The molecule has 0 unspecified atom stereocenters. The van der Waals surface area contributed by atoms with Crippen LogP contribution in [0.3, 0.4) is 0 Å². The molecule has 0 aromatic heterocycles. The molecule has 3 N–H and O–H groups in total. The van der Waals surface area contributed by atoms with Crippen LogP contribution in [-0.2, 0) is 20.2 Å². The van der Waals surface area contributed by atoms with Gasteiger partial charge in [0, 0.05) is 29.9 Å². The van der Waals surface area contributed by atoms with Crippen molar-refractivity contribution in [3.63, 3.8) is 0 Å². The molecule has 0 saturated carbocycles. The average Bonchev–Trinajstić information content (AvgIpc) is 2.76. The molecule has 0 bridgehead atoms. The molecule has 0 spiro atoms. The topological polar surface area (TPSA) is 133 Å². The number of rotatable bonds is 7. The molecule has 8 nitrogen and oxygen atoms in total. The molecule has 0 atom stereocenters. The van der Waals surface area contributed by atoms with Crippen LogP contribution in [0, 0.1) is 6.92 Å². The summed E-state index contributed by atoms with van der Waals surface area (Å²) in [6, 6.07) is 8.82. The van der Waals surface area contributed by atoms with E-state index >= 15 is 0 Å². The predicted molar refractivity (Wildman–Crippen MR) is 138 cm³/mol. The first-order valence-corrected chi connectivity index (χ1v) is 13.8. The van der Waals surface area contributed by atoms with Gasteiger partial charge in [0.15, 0.2) is 0 Å². The number of allylic oxidation sites excluding steroid dienone is 5. The van der Waals surface area contributed by atoms with Crippen LogP contribution in [0.25, 0.3) is 5.57 Å². The quantitative estimate of drug-likeness (QED) is 0.454. The number of anilines is 1. The van der Waals surface area contributed by atoms with Crippen molar-refractivity contribution in [1.29, 1.82) is 0 Å². The molecule has 1 aliphatic carbocycles. The zero-order chi connectivity index (χ0) is 26.0. The van der Waals surface area contributed by atoms with Crippen molar-refractivity contribution >= 4 is 37.2 Å². The van der Waals surface area contributed by atoms with Crippen LogP contribution in [0.5, 0.6) is 0 Å². The summed E-state index contributed by atoms with van der Waals surface area (Å²) in [5.74, 6) is 0. The summed E-state index contributed by atoms with van der Waals surface area (Å²) in [6.07, 6.45) is 5.50. The SMILES string of the molecule is CCN=C1C=C/C(=C(\c2cc(C)ccc2NCC)c2ccc(S(=O)(=O)O)cc2S(=O)(=O)O)C=C1C. The summed E-state index contributed by atoms with van der Waals surface area (Å²) < 4.78 is 67.8. The van der Waals surface area contributed by atoms with Gasteiger partial charge in [-0.3, -0.25) is 14.1 Å². The van der Waals surface area contributed by atoms with Crippen molar-refractivity contribution in [1.82, 2.24) is 0 Å². The number of aliphatic imine (C=N–C) groups is 1. The standard InChI is InChI=1S/C25H28N2O6S2/c1-5-26-22-12-8-18(14-17(22)4)25(21-13-16(3)7-11-23(21)27-6-2)20-10-9-19(34(28,29)30)15-24(20)35(31,32)33/h7-15,27H,5-6H2,1-4H3,(H,28,29,30)(H,31,32,33)/b25-18+,26-22?. The highest BCUT2D eigenvalue weighted by molar-refractivity contribution is 7.86. The Hall–Kier alpha value is -3.05. The first-order valence-electron chi connectivity index (χ1n) is 11.0. The van der Waals surface area contributed by atoms with Crippen LogP contribution in [-0.4, -0.2) is 44.7 Å². The normalized spacial score (nSPS) is 16.9. The molecule has 0 radical (unpaired) electrons. The van der Waals surface area contributed by atoms with Crippen molar-refractivity contribution in [3.05, 3.63) is 82.5 Å². The summed E-state index contributed by atoms with van der Waals surface area (Å²) in [5, 5.41) is 3.28. The van der Waals surface area contributed by atoms with Gasteiger partial charge >= 0.3 is 0 Å². The van der Waals surface area contributed by atoms with Gasteiger partial charge in [0.25, 0.3) is 20.2 Å². The summed E-state index contributed by atoms with van der Waals surface area (Å²) in [6.45, 7) is 8.85. The maximum absolute atomic E-state index is 12.4. The van der Waals surface area contributed by atoms with E-state index in [0.717, 1.165) is 34.7 Å². The third-order valence-corrected chi connectivity index (χ3v) is 7.17. The average molecular weight is 517 g/mol. The second-order valence-corrected chi connectivity index (χ2v) is 10.8. The lowest BCUT2D eigenvalue weighted by Crippen LogP contribution is -2.10. The molecular weight excluding hydrogens is 488 g/mol. The fraction of sp³-hybridized carbons (Fsp3) is 0.240. The number of nitrogens with one attached hydrogen (secondary N) is 1. The number of hydrogen-bond donors (Lipinski definition) is 3. The van der Waals surface area contributed by atoms with Gasteiger partial charge in [-0.05, 0) is 80.8 Å². The van der Waals surface area contributed by atoms with E-state index in [1.807, 2.05) is 58.0 Å². The Morgan fingerprint density at radius 3 is 2.20 bits per heavy atom. The fourth-order valence-corrected chi connectivity index (χ4v) is 5.21. The van der Waals surface area contributed by atoms with Crippen LogP contribution in [0.1, 0.15) is 37.5 Å². The van der Waals surface area contributed by atoms with Gasteiger partial charge in [-0.2, -0.15) is 16.8 Å². The van der Waals surface area contributed by atoms with Crippen LogP contribution in [0.4, 0.5) is 5.69 Å². The number of nitrogens with zero attached hydrogens (tertiary/aromatic N) is 1. The van der Waals surface area contributed by atoms with Crippen molar-refractivity contribution < 1.29 is 25.9 Å².